The van der Waals surface area contributed by atoms with Gasteiger partial charge in [-0.1, -0.05) is 17.8 Å². The highest BCUT2D eigenvalue weighted by atomic mass is 32.2. The molecule has 0 saturated heterocycles. The van der Waals surface area contributed by atoms with Gasteiger partial charge in [-0.2, -0.15) is 0 Å². The van der Waals surface area contributed by atoms with Crippen molar-refractivity contribution in [1.82, 2.24) is 15.0 Å². The van der Waals surface area contributed by atoms with Crippen molar-refractivity contribution in [3.05, 3.63) is 48.3 Å². The summed E-state index contributed by atoms with van der Waals surface area (Å²) in [6.45, 7) is 0. The molecule has 3 aromatic rings. The zero-order valence-electron chi connectivity index (χ0n) is 10.3. The first-order chi connectivity index (χ1) is 9.31. The second-order valence-electron chi connectivity index (χ2n) is 4.24. The molecule has 0 aliphatic heterocycles. The number of H-pyrrole nitrogens is 1. The first kappa shape index (κ1) is 12.0. The third-order valence-electron chi connectivity index (χ3n) is 2.81. The van der Waals surface area contributed by atoms with Crippen LogP contribution < -0.4 is 5.73 Å². The first-order valence-electron chi connectivity index (χ1n) is 6.09. The van der Waals surface area contributed by atoms with Gasteiger partial charge in [0, 0.05) is 23.3 Å². The molecule has 0 aliphatic carbocycles. The fourth-order valence-electron chi connectivity index (χ4n) is 1.87. The Morgan fingerprint density at radius 3 is 3.00 bits per heavy atom. The highest BCUT2D eigenvalue weighted by molar-refractivity contribution is 7.99. The summed E-state index contributed by atoms with van der Waals surface area (Å²) < 4.78 is 0. The summed E-state index contributed by atoms with van der Waals surface area (Å²) in [7, 11) is 0. The Morgan fingerprint density at radius 2 is 2.16 bits per heavy atom. The Hall–Kier alpha value is -2.01. The van der Waals surface area contributed by atoms with E-state index in [1.54, 1.807) is 11.8 Å². The van der Waals surface area contributed by atoms with Crippen molar-refractivity contribution in [2.24, 2.45) is 0 Å². The third kappa shape index (κ3) is 2.88. The number of nitrogens with one attached hydrogen (secondary N) is 1. The van der Waals surface area contributed by atoms with Gasteiger partial charge in [-0.3, -0.25) is 4.98 Å². The standard InChI is InChI=1S/C14H14N4S/c15-10-4-5-12-13(9-10)18-14(17-12)19-8-6-11-3-1-2-7-16-11/h1-5,7,9H,6,8,15H2,(H,17,18). The van der Waals surface area contributed by atoms with Crippen LogP contribution in [0.2, 0.25) is 0 Å². The molecule has 0 spiro atoms. The summed E-state index contributed by atoms with van der Waals surface area (Å²) in [6.07, 6.45) is 2.76. The van der Waals surface area contributed by atoms with Crippen molar-refractivity contribution in [2.45, 2.75) is 11.6 Å². The minimum atomic E-state index is 0.751. The molecule has 1 aromatic carbocycles. The summed E-state index contributed by atoms with van der Waals surface area (Å²) in [4.78, 5) is 12.1. The molecule has 0 unspecified atom stereocenters. The Bertz CT molecular complexity index is 678. The maximum absolute atomic E-state index is 5.75. The molecule has 0 aliphatic rings. The second kappa shape index (κ2) is 5.32. The lowest BCUT2D eigenvalue weighted by molar-refractivity contribution is 1.03. The lowest BCUT2D eigenvalue weighted by Gasteiger charge is -1.98. The van der Waals surface area contributed by atoms with Crippen molar-refractivity contribution in [1.29, 1.82) is 0 Å². The van der Waals surface area contributed by atoms with Crippen molar-refractivity contribution in [2.75, 3.05) is 11.5 Å². The Kier molecular flexibility index (Phi) is 3.37. The average molecular weight is 270 g/mol. The lowest BCUT2D eigenvalue weighted by atomic mass is 10.3. The van der Waals surface area contributed by atoms with Crippen molar-refractivity contribution in [3.63, 3.8) is 0 Å². The number of benzene rings is 1. The molecular formula is C14H14N4S. The number of hydrogen-bond acceptors (Lipinski definition) is 4. The van der Waals surface area contributed by atoms with Gasteiger partial charge in [0.2, 0.25) is 0 Å². The van der Waals surface area contributed by atoms with E-state index in [2.05, 4.69) is 15.0 Å². The number of nitrogens with two attached hydrogens (primary N) is 1. The number of thioether (sulfide) groups is 1. The minimum absolute atomic E-state index is 0.751. The molecule has 3 rings (SSSR count). The van der Waals surface area contributed by atoms with Crippen LogP contribution in [0.1, 0.15) is 5.69 Å². The van der Waals surface area contributed by atoms with Crippen LogP contribution in [0.4, 0.5) is 5.69 Å². The largest absolute Gasteiger partial charge is 0.399 e. The number of aryl methyl sites for hydroxylation is 1. The normalized spacial score (nSPS) is 10.9. The fraction of sp³-hybridized carbons (Fsp3) is 0.143. The smallest absolute Gasteiger partial charge is 0.166 e. The number of nitrogen functional groups attached to an aromatic ring is 1. The first-order valence-corrected chi connectivity index (χ1v) is 7.08. The molecule has 0 amide bonds. The molecule has 0 bridgehead atoms. The number of anilines is 1. The van der Waals surface area contributed by atoms with Gasteiger partial charge in [0.25, 0.3) is 0 Å². The quantitative estimate of drug-likeness (QED) is 0.565. The van der Waals surface area contributed by atoms with Gasteiger partial charge in [0.1, 0.15) is 0 Å². The van der Waals surface area contributed by atoms with Gasteiger partial charge in [0.05, 0.1) is 11.0 Å². The molecule has 2 heterocycles. The van der Waals surface area contributed by atoms with Crippen molar-refractivity contribution >= 4 is 28.5 Å². The van der Waals surface area contributed by atoms with Gasteiger partial charge in [-0.15, -0.1) is 0 Å². The van der Waals surface area contributed by atoms with E-state index in [1.165, 1.54) is 0 Å². The molecule has 0 radical (unpaired) electrons. The van der Waals surface area contributed by atoms with Gasteiger partial charge in [0.15, 0.2) is 5.16 Å². The summed E-state index contributed by atoms with van der Waals surface area (Å²) in [6, 6.07) is 11.7. The monoisotopic (exact) mass is 270 g/mol. The lowest BCUT2D eigenvalue weighted by Crippen LogP contribution is -1.91. The number of fused-ring (bicyclic) bond motifs is 1. The number of hydrogen-bond donors (Lipinski definition) is 2. The van der Waals surface area contributed by atoms with E-state index in [9.17, 15) is 0 Å². The number of aromatic amines is 1. The van der Waals surface area contributed by atoms with Gasteiger partial charge in [-0.05, 0) is 36.8 Å². The predicted molar refractivity (Wildman–Crippen MR) is 79.2 cm³/mol. The van der Waals surface area contributed by atoms with Gasteiger partial charge < -0.3 is 10.7 Å². The predicted octanol–water partition coefficient (Wildman–Crippen LogP) is 2.87. The average Bonchev–Trinajstić information content (AvgIpc) is 2.82. The molecule has 19 heavy (non-hydrogen) atoms. The zero-order valence-corrected chi connectivity index (χ0v) is 11.2. The van der Waals surface area contributed by atoms with Gasteiger partial charge in [-0.25, -0.2) is 4.98 Å². The highest BCUT2D eigenvalue weighted by Crippen LogP contribution is 2.21. The van der Waals surface area contributed by atoms with E-state index >= 15 is 0 Å². The van der Waals surface area contributed by atoms with Crippen molar-refractivity contribution < 1.29 is 0 Å². The molecule has 5 heteroatoms. The van der Waals surface area contributed by atoms with Crippen LogP contribution in [0.5, 0.6) is 0 Å². The van der Waals surface area contributed by atoms with Crippen LogP contribution in [0, 0.1) is 0 Å². The number of aromatic nitrogens is 3. The second-order valence-corrected chi connectivity index (χ2v) is 5.32. The number of nitrogens with zero attached hydrogens (tertiary/aromatic N) is 2. The van der Waals surface area contributed by atoms with Gasteiger partial charge >= 0.3 is 0 Å². The topological polar surface area (TPSA) is 67.6 Å². The molecule has 0 atom stereocenters. The summed E-state index contributed by atoms with van der Waals surface area (Å²) in [5.41, 5.74) is 9.54. The summed E-state index contributed by atoms with van der Waals surface area (Å²) in [5.74, 6) is 0.951. The van der Waals surface area contributed by atoms with Crippen LogP contribution in [-0.2, 0) is 6.42 Å². The Morgan fingerprint density at radius 1 is 1.21 bits per heavy atom. The van der Waals surface area contributed by atoms with E-state index < -0.39 is 0 Å². The zero-order chi connectivity index (χ0) is 13.1. The van der Waals surface area contributed by atoms with Crippen LogP contribution in [0.15, 0.2) is 47.8 Å². The van der Waals surface area contributed by atoms with Crippen LogP contribution in [0.25, 0.3) is 11.0 Å². The van der Waals surface area contributed by atoms with E-state index in [-0.39, 0.29) is 0 Å². The van der Waals surface area contributed by atoms with E-state index in [0.717, 1.165) is 39.7 Å². The van der Waals surface area contributed by atoms with Crippen molar-refractivity contribution in [3.8, 4) is 0 Å². The molecule has 0 saturated carbocycles. The SMILES string of the molecule is Nc1ccc2nc(SCCc3ccccn3)[nH]c2c1. The number of pyridine rings is 1. The summed E-state index contributed by atoms with van der Waals surface area (Å²) >= 11 is 1.70. The van der Waals surface area contributed by atoms with Crippen LogP contribution in [0.3, 0.4) is 0 Å². The van der Waals surface area contributed by atoms with E-state index in [0.29, 0.717) is 0 Å². The molecule has 3 N–H and O–H groups in total. The van der Waals surface area contributed by atoms with Crippen LogP contribution in [-0.4, -0.2) is 20.7 Å². The Labute approximate surface area is 115 Å². The van der Waals surface area contributed by atoms with E-state index in [4.69, 9.17) is 5.73 Å². The Balaban J connectivity index is 1.65. The minimum Gasteiger partial charge on any atom is -0.399 e. The third-order valence-corrected chi connectivity index (χ3v) is 3.68. The van der Waals surface area contributed by atoms with Crippen LogP contribution >= 0.6 is 11.8 Å². The summed E-state index contributed by atoms with van der Waals surface area (Å²) in [5, 5.41) is 0.927. The molecule has 4 nitrogen and oxygen atoms in total. The maximum atomic E-state index is 5.75. The fourth-order valence-corrected chi connectivity index (χ4v) is 2.72. The number of rotatable bonds is 4. The molecule has 2 aromatic heterocycles. The molecule has 96 valence electrons. The highest BCUT2D eigenvalue weighted by Gasteiger charge is 2.03. The van der Waals surface area contributed by atoms with E-state index in [1.807, 2.05) is 42.6 Å². The molecule has 0 fully saturated rings. The molecular weight excluding hydrogens is 256 g/mol. The number of imidazole rings is 1. The maximum Gasteiger partial charge on any atom is 0.166 e.